The molecule has 6 nitrogen and oxygen atoms in total. The fourth-order valence-electron chi connectivity index (χ4n) is 3.49. The van der Waals surface area contributed by atoms with Gasteiger partial charge in [0.1, 0.15) is 5.75 Å². The lowest BCUT2D eigenvalue weighted by atomic mass is 10.0. The Morgan fingerprint density at radius 2 is 2.23 bits per heavy atom. The van der Waals surface area contributed by atoms with Gasteiger partial charge in [-0.15, -0.1) is 0 Å². The van der Waals surface area contributed by atoms with E-state index in [4.69, 9.17) is 9.73 Å². The maximum atomic E-state index is 5.43. The number of benzene rings is 1. The Morgan fingerprint density at radius 1 is 1.38 bits per heavy atom. The van der Waals surface area contributed by atoms with Crippen molar-refractivity contribution >= 4 is 5.96 Å². The summed E-state index contributed by atoms with van der Waals surface area (Å²) in [5, 5.41) is 7.75. The second-order valence-electron chi connectivity index (χ2n) is 6.68. The Bertz CT molecular complexity index is 739. The van der Waals surface area contributed by atoms with Crippen LogP contribution in [0.5, 0.6) is 5.75 Å². The zero-order chi connectivity index (χ0) is 18.4. The third-order valence-corrected chi connectivity index (χ3v) is 4.85. The van der Waals surface area contributed by atoms with Crippen LogP contribution in [0.3, 0.4) is 0 Å². The van der Waals surface area contributed by atoms with Crippen molar-refractivity contribution in [3.63, 3.8) is 0 Å². The highest BCUT2D eigenvalue weighted by Crippen LogP contribution is 2.26. The number of aliphatic imine (C=N–C) groups is 1. The van der Waals surface area contributed by atoms with E-state index in [9.17, 15) is 0 Å². The predicted octanol–water partition coefficient (Wildman–Crippen LogP) is 2.43. The van der Waals surface area contributed by atoms with Crippen molar-refractivity contribution in [3.8, 4) is 5.75 Å². The monoisotopic (exact) mass is 355 g/mol. The third kappa shape index (κ3) is 4.36. The second kappa shape index (κ2) is 8.74. The molecule has 1 atom stereocenters. The van der Waals surface area contributed by atoms with Gasteiger partial charge >= 0.3 is 0 Å². The van der Waals surface area contributed by atoms with Crippen LogP contribution in [0.25, 0.3) is 0 Å². The molecule has 0 radical (unpaired) electrons. The summed E-state index contributed by atoms with van der Waals surface area (Å²) in [5.74, 6) is 2.47. The van der Waals surface area contributed by atoms with Crippen molar-refractivity contribution in [3.05, 3.63) is 47.8 Å². The fraction of sp³-hybridized carbons (Fsp3) is 0.500. The molecule has 0 aliphatic carbocycles. The molecule has 1 aliphatic rings. The van der Waals surface area contributed by atoms with Crippen molar-refractivity contribution in [2.24, 2.45) is 12.0 Å². The molecule has 1 N–H and O–H groups in total. The lowest BCUT2D eigenvalue weighted by Crippen LogP contribution is -2.40. The summed E-state index contributed by atoms with van der Waals surface area (Å²) in [6, 6.07) is 8.16. The van der Waals surface area contributed by atoms with Crippen LogP contribution in [0.15, 0.2) is 41.7 Å². The first-order valence-corrected chi connectivity index (χ1v) is 9.35. The molecule has 0 saturated carbocycles. The molecule has 2 heterocycles. The number of likely N-dealkylation sites (tertiary alicyclic amines) is 1. The van der Waals surface area contributed by atoms with Gasteiger partial charge in [0.05, 0.1) is 13.3 Å². The minimum absolute atomic E-state index is 0.529. The minimum Gasteiger partial charge on any atom is -0.496 e. The summed E-state index contributed by atoms with van der Waals surface area (Å²) in [7, 11) is 3.69. The van der Waals surface area contributed by atoms with E-state index in [0.29, 0.717) is 5.92 Å². The fourth-order valence-corrected chi connectivity index (χ4v) is 3.49. The molecule has 140 valence electrons. The molecule has 2 aromatic rings. The molecular weight excluding hydrogens is 326 g/mol. The molecule has 1 aromatic heterocycles. The van der Waals surface area contributed by atoms with Crippen molar-refractivity contribution in [2.45, 2.75) is 25.7 Å². The topological polar surface area (TPSA) is 54.7 Å². The van der Waals surface area contributed by atoms with Gasteiger partial charge in [-0.3, -0.25) is 9.67 Å². The molecule has 6 heteroatoms. The van der Waals surface area contributed by atoms with Gasteiger partial charge in [0.15, 0.2) is 5.96 Å². The van der Waals surface area contributed by atoms with Gasteiger partial charge in [-0.2, -0.15) is 5.10 Å². The van der Waals surface area contributed by atoms with E-state index in [-0.39, 0.29) is 0 Å². The van der Waals surface area contributed by atoms with E-state index in [0.717, 1.165) is 50.7 Å². The Hall–Kier alpha value is -2.50. The van der Waals surface area contributed by atoms with Gasteiger partial charge in [0.25, 0.3) is 0 Å². The average molecular weight is 355 g/mol. The van der Waals surface area contributed by atoms with E-state index in [1.54, 1.807) is 7.11 Å². The minimum atomic E-state index is 0.529. The molecule has 1 saturated heterocycles. The number of rotatable bonds is 6. The smallest absolute Gasteiger partial charge is 0.193 e. The number of methoxy groups -OCH3 is 1. The third-order valence-electron chi connectivity index (χ3n) is 4.85. The second-order valence-corrected chi connectivity index (χ2v) is 6.68. The Labute approximate surface area is 155 Å². The zero-order valence-corrected chi connectivity index (χ0v) is 16.0. The highest BCUT2D eigenvalue weighted by molar-refractivity contribution is 5.80. The van der Waals surface area contributed by atoms with E-state index >= 15 is 0 Å². The average Bonchev–Trinajstić information content (AvgIpc) is 3.30. The largest absolute Gasteiger partial charge is 0.496 e. The summed E-state index contributed by atoms with van der Waals surface area (Å²) in [6.07, 6.45) is 6.13. The maximum Gasteiger partial charge on any atom is 0.193 e. The maximum absolute atomic E-state index is 5.43. The van der Waals surface area contributed by atoms with Gasteiger partial charge in [-0.25, -0.2) is 0 Å². The standard InChI is InChI=1S/C20H29N5O/c1-4-21-20(22-11-9-16-7-5-6-8-19(16)26-3)25-12-10-17(15-25)18-13-23-24(2)14-18/h5-8,13-14,17H,4,9-12,15H2,1-3H3,(H,21,22). The summed E-state index contributed by atoms with van der Waals surface area (Å²) in [4.78, 5) is 7.22. The van der Waals surface area contributed by atoms with Crippen LogP contribution in [0.4, 0.5) is 0 Å². The molecule has 3 rings (SSSR count). The molecule has 0 spiro atoms. The van der Waals surface area contributed by atoms with Gasteiger partial charge in [-0.05, 0) is 37.0 Å². The van der Waals surface area contributed by atoms with Gasteiger partial charge in [0.2, 0.25) is 0 Å². The van der Waals surface area contributed by atoms with Crippen LogP contribution in [-0.2, 0) is 13.5 Å². The molecule has 0 bridgehead atoms. The summed E-state index contributed by atoms with van der Waals surface area (Å²) >= 11 is 0. The van der Waals surface area contributed by atoms with E-state index in [1.165, 1.54) is 11.1 Å². The van der Waals surface area contributed by atoms with Gasteiger partial charge in [0, 0.05) is 45.3 Å². The van der Waals surface area contributed by atoms with Crippen molar-refractivity contribution in [1.29, 1.82) is 0 Å². The Kier molecular flexibility index (Phi) is 6.15. The Balaban J connectivity index is 1.62. The van der Waals surface area contributed by atoms with Crippen LogP contribution >= 0.6 is 0 Å². The number of para-hydroxylation sites is 1. The summed E-state index contributed by atoms with van der Waals surface area (Å²) < 4.78 is 7.31. The van der Waals surface area contributed by atoms with Gasteiger partial charge < -0.3 is 15.0 Å². The first-order valence-electron chi connectivity index (χ1n) is 9.35. The quantitative estimate of drug-likeness (QED) is 0.639. The van der Waals surface area contributed by atoms with E-state index < -0.39 is 0 Å². The number of nitrogens with one attached hydrogen (secondary N) is 1. The molecule has 1 aromatic carbocycles. The first kappa shape index (κ1) is 18.3. The molecule has 1 unspecified atom stereocenters. The lowest BCUT2D eigenvalue weighted by Gasteiger charge is -2.21. The molecule has 0 amide bonds. The first-order chi connectivity index (χ1) is 12.7. The highest BCUT2D eigenvalue weighted by atomic mass is 16.5. The number of ether oxygens (including phenoxy) is 1. The number of hydrogen-bond donors (Lipinski definition) is 1. The zero-order valence-electron chi connectivity index (χ0n) is 16.0. The van der Waals surface area contributed by atoms with Gasteiger partial charge in [-0.1, -0.05) is 18.2 Å². The normalized spacial score (nSPS) is 17.6. The predicted molar refractivity (Wildman–Crippen MR) is 105 cm³/mol. The van der Waals surface area contributed by atoms with Crippen molar-refractivity contribution in [2.75, 3.05) is 33.3 Å². The molecule has 26 heavy (non-hydrogen) atoms. The number of aryl methyl sites for hydroxylation is 1. The lowest BCUT2D eigenvalue weighted by molar-refractivity contribution is 0.409. The SMILES string of the molecule is CCNC(=NCCc1ccccc1OC)N1CCC(c2cnn(C)c2)C1. The highest BCUT2D eigenvalue weighted by Gasteiger charge is 2.26. The molecular formula is C20H29N5O. The van der Waals surface area contributed by atoms with Crippen LogP contribution in [0.2, 0.25) is 0 Å². The molecule has 1 aliphatic heterocycles. The van der Waals surface area contributed by atoms with Crippen molar-refractivity contribution < 1.29 is 4.74 Å². The van der Waals surface area contributed by atoms with Crippen LogP contribution in [0.1, 0.15) is 30.4 Å². The summed E-state index contributed by atoms with van der Waals surface area (Å²) in [5.41, 5.74) is 2.52. The Morgan fingerprint density at radius 3 is 2.96 bits per heavy atom. The van der Waals surface area contributed by atoms with Crippen LogP contribution < -0.4 is 10.1 Å². The molecule has 1 fully saturated rings. The number of guanidine groups is 1. The van der Waals surface area contributed by atoms with Crippen LogP contribution in [0, 0.1) is 0 Å². The summed E-state index contributed by atoms with van der Waals surface area (Å²) in [6.45, 7) is 5.76. The number of nitrogens with zero attached hydrogens (tertiary/aromatic N) is 4. The van der Waals surface area contributed by atoms with E-state index in [2.05, 4.69) is 34.5 Å². The van der Waals surface area contributed by atoms with Crippen molar-refractivity contribution in [1.82, 2.24) is 20.0 Å². The number of hydrogen-bond acceptors (Lipinski definition) is 3. The number of aromatic nitrogens is 2. The van der Waals surface area contributed by atoms with E-state index in [1.807, 2.05) is 36.1 Å². The van der Waals surface area contributed by atoms with Crippen LogP contribution in [-0.4, -0.2) is 53.9 Å².